The Hall–Kier alpha value is -1.80. The molecular weight excluding hydrogens is 373 g/mol. The average Bonchev–Trinajstić information content (AvgIpc) is 2.61. The number of rotatable bonds is 2. The molecule has 1 fully saturated rings. The van der Waals surface area contributed by atoms with Gasteiger partial charge in [0.15, 0.2) is 5.11 Å². The second kappa shape index (κ2) is 7.61. The third-order valence-electron chi connectivity index (χ3n) is 4.56. The van der Waals surface area contributed by atoms with E-state index in [9.17, 15) is 5.26 Å². The van der Waals surface area contributed by atoms with Crippen molar-refractivity contribution in [2.45, 2.75) is 18.3 Å². The van der Waals surface area contributed by atoms with Gasteiger partial charge in [0, 0.05) is 28.8 Å². The molecule has 0 aliphatic carbocycles. The highest BCUT2D eigenvalue weighted by Gasteiger charge is 2.36. The number of benzene rings is 2. The molecule has 0 atom stereocenters. The van der Waals surface area contributed by atoms with Gasteiger partial charge in [0.1, 0.15) is 0 Å². The summed E-state index contributed by atoms with van der Waals surface area (Å²) in [6, 6.07) is 17.8. The first-order valence-corrected chi connectivity index (χ1v) is 9.18. The molecule has 128 valence electrons. The summed E-state index contributed by atoms with van der Waals surface area (Å²) in [5, 5.41) is 14.7. The summed E-state index contributed by atoms with van der Waals surface area (Å²) in [6.07, 6.45) is 1.48. The minimum Gasteiger partial charge on any atom is -0.349 e. The van der Waals surface area contributed by atoms with Gasteiger partial charge < -0.3 is 10.2 Å². The van der Waals surface area contributed by atoms with Crippen LogP contribution in [0.15, 0.2) is 48.5 Å². The number of piperidine rings is 1. The Bertz CT molecular complexity index is 789. The number of anilines is 1. The number of nitrogens with zero attached hydrogens (tertiary/aromatic N) is 2. The number of nitriles is 1. The fourth-order valence-electron chi connectivity index (χ4n) is 3.14. The molecule has 2 aromatic carbocycles. The third-order valence-corrected chi connectivity index (χ3v) is 5.36. The molecule has 0 radical (unpaired) electrons. The zero-order chi connectivity index (χ0) is 17.9. The quantitative estimate of drug-likeness (QED) is 0.711. The second-order valence-corrected chi connectivity index (χ2v) is 7.39. The summed E-state index contributed by atoms with van der Waals surface area (Å²) in [7, 11) is 0. The predicted molar refractivity (Wildman–Crippen MR) is 107 cm³/mol. The summed E-state index contributed by atoms with van der Waals surface area (Å²) in [6.45, 7) is 1.45. The van der Waals surface area contributed by atoms with Gasteiger partial charge in [-0.2, -0.15) is 5.26 Å². The molecule has 3 nitrogen and oxygen atoms in total. The van der Waals surface area contributed by atoms with E-state index in [1.165, 1.54) is 0 Å². The first-order valence-electron chi connectivity index (χ1n) is 8.01. The van der Waals surface area contributed by atoms with Crippen LogP contribution in [0.2, 0.25) is 10.0 Å². The molecule has 1 heterocycles. The largest absolute Gasteiger partial charge is 0.349 e. The maximum atomic E-state index is 9.77. The van der Waals surface area contributed by atoms with Crippen LogP contribution in [0.25, 0.3) is 0 Å². The Morgan fingerprint density at radius 2 is 1.68 bits per heavy atom. The highest BCUT2D eigenvalue weighted by atomic mass is 35.5. The normalized spacial score (nSPS) is 16.1. The number of halogens is 2. The van der Waals surface area contributed by atoms with Crippen molar-refractivity contribution in [1.82, 2.24) is 4.90 Å². The maximum absolute atomic E-state index is 9.77. The van der Waals surface area contributed by atoms with Crippen molar-refractivity contribution in [2.75, 3.05) is 18.4 Å². The predicted octanol–water partition coefficient (Wildman–Crippen LogP) is 5.25. The van der Waals surface area contributed by atoms with Crippen LogP contribution in [0.3, 0.4) is 0 Å². The van der Waals surface area contributed by atoms with E-state index in [0.717, 1.165) is 37.2 Å². The summed E-state index contributed by atoms with van der Waals surface area (Å²) in [5.41, 5.74) is 1.41. The van der Waals surface area contributed by atoms with Crippen molar-refractivity contribution in [3.8, 4) is 6.07 Å². The first kappa shape index (κ1) is 18.0. The minimum atomic E-state index is -0.438. The van der Waals surface area contributed by atoms with E-state index < -0.39 is 5.41 Å². The summed E-state index contributed by atoms with van der Waals surface area (Å²) in [4.78, 5) is 2.09. The monoisotopic (exact) mass is 389 g/mol. The first-order chi connectivity index (χ1) is 12.0. The Morgan fingerprint density at radius 1 is 1.08 bits per heavy atom. The van der Waals surface area contributed by atoms with Crippen molar-refractivity contribution in [1.29, 1.82) is 5.26 Å². The lowest BCUT2D eigenvalue weighted by atomic mass is 9.74. The molecule has 1 N–H and O–H groups in total. The topological polar surface area (TPSA) is 39.1 Å². The zero-order valence-corrected chi connectivity index (χ0v) is 15.8. The van der Waals surface area contributed by atoms with Crippen molar-refractivity contribution in [3.63, 3.8) is 0 Å². The van der Waals surface area contributed by atoms with Gasteiger partial charge in [-0.05, 0) is 48.8 Å². The van der Waals surface area contributed by atoms with Crippen LogP contribution in [0.5, 0.6) is 0 Å². The van der Waals surface area contributed by atoms with Crippen molar-refractivity contribution < 1.29 is 0 Å². The minimum absolute atomic E-state index is 0.438. The van der Waals surface area contributed by atoms with Crippen LogP contribution in [0.4, 0.5) is 5.69 Å². The molecule has 0 aromatic heterocycles. The summed E-state index contributed by atoms with van der Waals surface area (Å²) < 4.78 is 0. The standard InChI is InChI=1S/C19H17Cl2N3S/c20-15-10-16(21)12-17(11-15)23-18(25)24-8-6-19(13-22,7-9-24)14-4-2-1-3-5-14/h1-5,10-12H,6-9H2,(H,23,25). The summed E-state index contributed by atoms with van der Waals surface area (Å²) in [5.74, 6) is 0. The Kier molecular flexibility index (Phi) is 5.48. The fraction of sp³-hybridized carbons (Fsp3) is 0.263. The van der Waals surface area contributed by atoms with Crippen molar-refractivity contribution >= 4 is 46.2 Å². The van der Waals surface area contributed by atoms with Gasteiger partial charge in [-0.1, -0.05) is 53.5 Å². The Balaban J connectivity index is 1.67. The fourth-order valence-corrected chi connectivity index (χ4v) is 3.97. The second-order valence-electron chi connectivity index (χ2n) is 6.14. The van der Waals surface area contributed by atoms with Gasteiger partial charge in [0.25, 0.3) is 0 Å². The van der Waals surface area contributed by atoms with E-state index in [1.807, 2.05) is 30.3 Å². The van der Waals surface area contributed by atoms with Crippen molar-refractivity contribution in [3.05, 3.63) is 64.1 Å². The molecule has 1 aliphatic heterocycles. The van der Waals surface area contributed by atoms with Crippen LogP contribution in [0.1, 0.15) is 18.4 Å². The molecule has 2 aromatic rings. The van der Waals surface area contributed by atoms with Gasteiger partial charge in [0.2, 0.25) is 0 Å². The average molecular weight is 390 g/mol. The van der Waals surface area contributed by atoms with Crippen LogP contribution in [-0.2, 0) is 5.41 Å². The molecule has 0 saturated carbocycles. The Morgan fingerprint density at radius 3 is 2.24 bits per heavy atom. The number of likely N-dealkylation sites (tertiary alicyclic amines) is 1. The molecule has 0 amide bonds. The number of nitrogens with one attached hydrogen (secondary N) is 1. The molecular formula is C19H17Cl2N3S. The van der Waals surface area contributed by atoms with Gasteiger partial charge in [-0.15, -0.1) is 0 Å². The molecule has 25 heavy (non-hydrogen) atoms. The van der Waals surface area contributed by atoms with E-state index >= 15 is 0 Å². The van der Waals surface area contributed by atoms with E-state index in [4.69, 9.17) is 35.4 Å². The van der Waals surface area contributed by atoms with Gasteiger partial charge >= 0.3 is 0 Å². The van der Waals surface area contributed by atoms with Gasteiger partial charge in [0.05, 0.1) is 11.5 Å². The number of hydrogen-bond acceptors (Lipinski definition) is 2. The van der Waals surface area contributed by atoms with Gasteiger partial charge in [-0.25, -0.2) is 0 Å². The lowest BCUT2D eigenvalue weighted by Gasteiger charge is -2.38. The van der Waals surface area contributed by atoms with Crippen LogP contribution in [0, 0.1) is 11.3 Å². The third kappa shape index (κ3) is 4.07. The molecule has 0 spiro atoms. The van der Waals surface area contributed by atoms with E-state index in [-0.39, 0.29) is 0 Å². The van der Waals surface area contributed by atoms with Crippen molar-refractivity contribution in [2.24, 2.45) is 0 Å². The van der Waals surface area contributed by atoms with E-state index in [1.54, 1.807) is 18.2 Å². The highest BCUT2D eigenvalue weighted by Crippen LogP contribution is 2.35. The highest BCUT2D eigenvalue weighted by molar-refractivity contribution is 7.80. The lowest BCUT2D eigenvalue weighted by Crippen LogP contribution is -2.46. The zero-order valence-electron chi connectivity index (χ0n) is 13.5. The van der Waals surface area contributed by atoms with Gasteiger partial charge in [-0.3, -0.25) is 0 Å². The van der Waals surface area contributed by atoms with E-state index in [0.29, 0.717) is 15.2 Å². The van der Waals surface area contributed by atoms with Crippen LogP contribution < -0.4 is 5.32 Å². The van der Waals surface area contributed by atoms with Crippen LogP contribution in [-0.4, -0.2) is 23.1 Å². The Labute approximate surface area is 163 Å². The SMILES string of the molecule is N#CC1(c2ccccc2)CCN(C(=S)Nc2cc(Cl)cc(Cl)c2)CC1. The van der Waals surface area contributed by atoms with E-state index in [2.05, 4.69) is 16.3 Å². The van der Waals surface area contributed by atoms with Crippen LogP contribution >= 0.6 is 35.4 Å². The molecule has 0 unspecified atom stereocenters. The lowest BCUT2D eigenvalue weighted by molar-refractivity contribution is 0.272. The number of thiocarbonyl (C=S) groups is 1. The molecule has 1 aliphatic rings. The molecule has 6 heteroatoms. The number of hydrogen-bond donors (Lipinski definition) is 1. The smallest absolute Gasteiger partial charge is 0.173 e. The maximum Gasteiger partial charge on any atom is 0.173 e. The molecule has 3 rings (SSSR count). The molecule has 1 saturated heterocycles. The molecule has 0 bridgehead atoms. The summed E-state index contributed by atoms with van der Waals surface area (Å²) >= 11 is 17.6.